The lowest BCUT2D eigenvalue weighted by Crippen LogP contribution is -2.62. The van der Waals surface area contributed by atoms with Crippen LogP contribution < -0.4 is 0 Å². The summed E-state index contributed by atoms with van der Waals surface area (Å²) in [5, 5.41) is 24.2. The number of aliphatic hydroxyl groups is 1. The number of hydrogen-bond donors (Lipinski definition) is 1. The Morgan fingerprint density at radius 1 is 1.40 bits per heavy atom. The molecular weight excluding hydrogens is 386 g/mol. The number of nitriles is 1. The van der Waals surface area contributed by atoms with E-state index in [9.17, 15) is 15.2 Å². The quantitative estimate of drug-likeness (QED) is 0.549. The van der Waals surface area contributed by atoms with Gasteiger partial charge in [-0.05, 0) is 13.0 Å². The van der Waals surface area contributed by atoms with Gasteiger partial charge in [0.15, 0.2) is 0 Å². The minimum atomic E-state index is -0.426. The molecule has 0 bridgehead atoms. The van der Waals surface area contributed by atoms with E-state index in [1.165, 1.54) is 6.33 Å². The summed E-state index contributed by atoms with van der Waals surface area (Å²) < 4.78 is 8.45. The third-order valence-corrected chi connectivity index (χ3v) is 5.43. The molecule has 1 fully saturated rings. The van der Waals surface area contributed by atoms with Crippen molar-refractivity contribution in [1.82, 2.24) is 29.2 Å². The van der Waals surface area contributed by atoms with E-state index in [2.05, 4.69) is 26.0 Å². The smallest absolute Gasteiger partial charge is 0.307 e. The number of esters is 1. The molecule has 10 heteroatoms. The average Bonchev–Trinajstić information content (AvgIpc) is 3.36. The summed E-state index contributed by atoms with van der Waals surface area (Å²) >= 11 is 0. The van der Waals surface area contributed by atoms with Crippen LogP contribution in [0, 0.1) is 11.3 Å². The van der Waals surface area contributed by atoms with Crippen molar-refractivity contribution in [3.05, 3.63) is 31.0 Å². The summed E-state index contributed by atoms with van der Waals surface area (Å²) in [4.78, 5) is 22.4. The first kappa shape index (κ1) is 20.0. The molecule has 4 heterocycles. The van der Waals surface area contributed by atoms with E-state index in [1.54, 1.807) is 23.9 Å². The van der Waals surface area contributed by atoms with Gasteiger partial charge in [-0.2, -0.15) is 10.4 Å². The molecule has 3 aromatic heterocycles. The van der Waals surface area contributed by atoms with Crippen LogP contribution in [0.4, 0.5) is 0 Å². The number of aliphatic hydroxyl groups excluding tert-OH is 1. The maximum Gasteiger partial charge on any atom is 0.307 e. The van der Waals surface area contributed by atoms with Crippen molar-refractivity contribution in [1.29, 1.82) is 5.26 Å². The molecule has 30 heavy (non-hydrogen) atoms. The minimum absolute atomic E-state index is 0.161. The molecule has 0 aliphatic carbocycles. The van der Waals surface area contributed by atoms with Gasteiger partial charge in [-0.1, -0.05) is 0 Å². The molecule has 0 aromatic carbocycles. The fourth-order valence-corrected chi connectivity index (χ4v) is 3.96. The van der Waals surface area contributed by atoms with E-state index < -0.39 is 5.54 Å². The largest absolute Gasteiger partial charge is 0.466 e. The molecule has 0 saturated carbocycles. The number of likely N-dealkylation sites (tertiary alicyclic amines) is 1. The minimum Gasteiger partial charge on any atom is -0.466 e. The van der Waals surface area contributed by atoms with Crippen molar-refractivity contribution in [2.45, 2.75) is 32.0 Å². The number of ether oxygens (including phenoxy) is 1. The van der Waals surface area contributed by atoms with Gasteiger partial charge in [0.05, 0.1) is 37.4 Å². The van der Waals surface area contributed by atoms with Crippen molar-refractivity contribution in [3.63, 3.8) is 0 Å². The lowest BCUT2D eigenvalue weighted by atomic mass is 9.86. The lowest BCUT2D eigenvalue weighted by Gasteiger charge is -2.49. The third kappa shape index (κ3) is 3.53. The zero-order chi connectivity index (χ0) is 21.1. The first-order valence-electron chi connectivity index (χ1n) is 9.81. The van der Waals surface area contributed by atoms with E-state index in [-0.39, 0.29) is 12.7 Å². The highest BCUT2D eigenvalue weighted by Crippen LogP contribution is 2.34. The van der Waals surface area contributed by atoms with E-state index in [4.69, 9.17) is 4.74 Å². The molecule has 1 N–H and O–H groups in total. The molecule has 156 valence electrons. The van der Waals surface area contributed by atoms with Gasteiger partial charge in [0, 0.05) is 43.0 Å². The van der Waals surface area contributed by atoms with Crippen molar-refractivity contribution in [3.8, 4) is 17.3 Å². The molecule has 0 spiro atoms. The summed E-state index contributed by atoms with van der Waals surface area (Å²) in [7, 11) is 0. The maximum atomic E-state index is 11.6. The van der Waals surface area contributed by atoms with Crippen molar-refractivity contribution in [2.24, 2.45) is 0 Å². The van der Waals surface area contributed by atoms with Crippen molar-refractivity contribution >= 4 is 17.0 Å². The highest BCUT2D eigenvalue weighted by Gasteiger charge is 2.45. The average molecular weight is 409 g/mol. The van der Waals surface area contributed by atoms with Crippen molar-refractivity contribution in [2.75, 3.05) is 26.2 Å². The van der Waals surface area contributed by atoms with Crippen LogP contribution in [0.15, 0.2) is 31.0 Å². The first-order valence-corrected chi connectivity index (χ1v) is 9.81. The van der Waals surface area contributed by atoms with Gasteiger partial charge in [0.1, 0.15) is 24.2 Å². The van der Waals surface area contributed by atoms with E-state index >= 15 is 0 Å². The molecule has 1 aliphatic rings. The normalized spacial score (nSPS) is 15.6. The Bertz CT molecular complexity index is 1090. The van der Waals surface area contributed by atoms with Crippen LogP contribution in [0.2, 0.25) is 0 Å². The number of fused-ring (bicyclic) bond motifs is 1. The molecule has 1 aliphatic heterocycles. The zero-order valence-electron chi connectivity index (χ0n) is 16.7. The molecule has 0 amide bonds. The standard InChI is InChI=1S/C20H23N7O3/c1-2-30-17(29)4-7-25-11-20(12-25,5-6-21)27-10-15(9-24-27)18-16-3-8-26(14-28)19(16)23-13-22-18/h3,8-10,13,28H,2,4-5,7,11-12,14H2,1H3. The Balaban J connectivity index is 1.53. The van der Waals surface area contributed by atoms with Crippen LogP contribution in [-0.4, -0.2) is 66.5 Å². The van der Waals surface area contributed by atoms with E-state index in [0.717, 1.165) is 16.6 Å². The van der Waals surface area contributed by atoms with Crippen LogP contribution in [0.3, 0.4) is 0 Å². The van der Waals surface area contributed by atoms with Crippen LogP contribution in [0.5, 0.6) is 0 Å². The summed E-state index contributed by atoms with van der Waals surface area (Å²) in [5.74, 6) is -0.209. The summed E-state index contributed by atoms with van der Waals surface area (Å²) in [5.41, 5.74) is 1.77. The van der Waals surface area contributed by atoms with Gasteiger partial charge in [-0.15, -0.1) is 0 Å². The monoisotopic (exact) mass is 409 g/mol. The maximum absolute atomic E-state index is 11.6. The second kappa shape index (κ2) is 8.22. The van der Waals surface area contributed by atoms with Gasteiger partial charge in [0.2, 0.25) is 0 Å². The fourth-order valence-electron chi connectivity index (χ4n) is 3.96. The molecule has 3 aromatic rings. The Morgan fingerprint density at radius 3 is 2.97 bits per heavy atom. The SMILES string of the molecule is CCOC(=O)CCN1CC(CC#N)(n2cc(-c3ncnc4c3ccn4CO)cn2)C1. The second-order valence-corrected chi connectivity index (χ2v) is 7.38. The summed E-state index contributed by atoms with van der Waals surface area (Å²) in [6, 6.07) is 4.13. The van der Waals surface area contributed by atoms with Crippen molar-refractivity contribution < 1.29 is 14.6 Å². The number of aromatic nitrogens is 5. The molecule has 1 saturated heterocycles. The highest BCUT2D eigenvalue weighted by atomic mass is 16.5. The predicted octanol–water partition coefficient (Wildman–Crippen LogP) is 1.12. The van der Waals surface area contributed by atoms with Gasteiger partial charge in [0.25, 0.3) is 0 Å². The molecule has 0 radical (unpaired) electrons. The Kier molecular flexibility index (Phi) is 5.48. The molecular formula is C20H23N7O3. The highest BCUT2D eigenvalue weighted by molar-refractivity contribution is 5.90. The topological polar surface area (TPSA) is 122 Å². The number of nitrogens with zero attached hydrogens (tertiary/aromatic N) is 7. The Morgan fingerprint density at radius 2 is 2.23 bits per heavy atom. The Labute approximate surface area is 173 Å². The number of hydrogen-bond acceptors (Lipinski definition) is 8. The van der Waals surface area contributed by atoms with Gasteiger partial charge < -0.3 is 14.4 Å². The van der Waals surface area contributed by atoms with Crippen LogP contribution in [0.1, 0.15) is 19.8 Å². The fraction of sp³-hybridized carbons (Fsp3) is 0.450. The number of carbonyl (C=O) groups excluding carboxylic acids is 1. The van der Waals surface area contributed by atoms with E-state index in [1.807, 2.05) is 16.9 Å². The number of carbonyl (C=O) groups is 1. The van der Waals surface area contributed by atoms with Crippen LogP contribution in [0.25, 0.3) is 22.3 Å². The van der Waals surface area contributed by atoms with Gasteiger partial charge in [-0.25, -0.2) is 9.97 Å². The number of rotatable bonds is 8. The Hall–Kier alpha value is -3.29. The summed E-state index contributed by atoms with van der Waals surface area (Å²) in [6.45, 7) is 3.89. The predicted molar refractivity (Wildman–Crippen MR) is 107 cm³/mol. The van der Waals surface area contributed by atoms with Crippen LogP contribution in [-0.2, 0) is 21.8 Å². The zero-order valence-corrected chi connectivity index (χ0v) is 16.7. The van der Waals surface area contributed by atoms with Gasteiger partial charge >= 0.3 is 5.97 Å². The van der Waals surface area contributed by atoms with E-state index in [0.29, 0.717) is 44.7 Å². The van der Waals surface area contributed by atoms with Gasteiger partial charge in [-0.3, -0.25) is 14.4 Å². The molecule has 0 unspecified atom stereocenters. The molecule has 0 atom stereocenters. The first-order chi connectivity index (χ1) is 14.6. The third-order valence-electron chi connectivity index (χ3n) is 5.43. The lowest BCUT2D eigenvalue weighted by molar-refractivity contribution is -0.144. The molecule has 10 nitrogen and oxygen atoms in total. The summed E-state index contributed by atoms with van der Waals surface area (Å²) in [6.07, 6.45) is 7.52. The van der Waals surface area contributed by atoms with Crippen LogP contribution >= 0.6 is 0 Å². The second-order valence-electron chi connectivity index (χ2n) is 7.38. The molecule has 4 rings (SSSR count).